The molecule has 2 aromatic rings. The highest BCUT2D eigenvalue weighted by molar-refractivity contribution is 7.99. The molecule has 1 amide bonds. The zero-order chi connectivity index (χ0) is 20.0. The van der Waals surface area contributed by atoms with Gasteiger partial charge in [-0.05, 0) is 43.2 Å². The normalized spacial score (nSPS) is 20.1. The van der Waals surface area contributed by atoms with E-state index in [1.165, 1.54) is 6.07 Å². The molecule has 6 nitrogen and oxygen atoms in total. The van der Waals surface area contributed by atoms with Gasteiger partial charge in [0.1, 0.15) is 10.7 Å². The third-order valence-corrected chi connectivity index (χ3v) is 7.95. The molecule has 1 saturated heterocycles. The molecule has 0 radical (unpaired) electrons. The second-order valence-electron chi connectivity index (χ2n) is 7.40. The van der Waals surface area contributed by atoms with Crippen molar-refractivity contribution in [3.05, 3.63) is 48.0 Å². The third kappa shape index (κ3) is 3.24. The van der Waals surface area contributed by atoms with Crippen LogP contribution in [0.1, 0.15) is 36.0 Å². The first-order chi connectivity index (χ1) is 14.0. The van der Waals surface area contributed by atoms with Gasteiger partial charge in [-0.2, -0.15) is 8.42 Å². The topological polar surface area (TPSA) is 70.0 Å². The highest BCUT2D eigenvalue weighted by atomic mass is 32.2. The van der Waals surface area contributed by atoms with Crippen molar-refractivity contribution in [3.8, 4) is 0 Å². The van der Waals surface area contributed by atoms with Gasteiger partial charge in [-0.15, -0.1) is 16.2 Å². The molecular formula is C21H21N3O3S2. The van der Waals surface area contributed by atoms with Crippen molar-refractivity contribution in [1.82, 2.24) is 0 Å². The Hall–Kier alpha value is -2.32. The van der Waals surface area contributed by atoms with Gasteiger partial charge in [0.05, 0.1) is 11.4 Å². The largest absolute Gasteiger partial charge is 0.328 e. The Morgan fingerprint density at radius 1 is 1.00 bits per heavy atom. The lowest BCUT2D eigenvalue weighted by atomic mass is 10.1. The van der Waals surface area contributed by atoms with E-state index in [-0.39, 0.29) is 10.8 Å². The maximum Gasteiger partial charge on any atom is 0.286 e. The van der Waals surface area contributed by atoms with E-state index >= 15 is 0 Å². The van der Waals surface area contributed by atoms with Crippen LogP contribution in [0.15, 0.2) is 56.7 Å². The fourth-order valence-electron chi connectivity index (χ4n) is 4.15. The summed E-state index contributed by atoms with van der Waals surface area (Å²) in [6.45, 7) is 1.35. The summed E-state index contributed by atoms with van der Waals surface area (Å²) in [5.41, 5.74) is 1.90. The van der Waals surface area contributed by atoms with Crippen molar-refractivity contribution in [1.29, 1.82) is 0 Å². The molecule has 0 aliphatic carbocycles. The summed E-state index contributed by atoms with van der Waals surface area (Å²) in [7, 11) is -3.80. The van der Waals surface area contributed by atoms with E-state index in [9.17, 15) is 13.2 Å². The van der Waals surface area contributed by atoms with Gasteiger partial charge in [0.25, 0.3) is 15.9 Å². The molecule has 3 aliphatic rings. The zero-order valence-electron chi connectivity index (χ0n) is 15.9. The Kier molecular flexibility index (Phi) is 4.63. The monoisotopic (exact) mass is 427 g/mol. The summed E-state index contributed by atoms with van der Waals surface area (Å²) in [5, 5.41) is 0. The Balaban J connectivity index is 1.55. The number of rotatable bonds is 1. The molecule has 1 fully saturated rings. The summed E-state index contributed by atoms with van der Waals surface area (Å²) in [6, 6.07) is 12.8. The van der Waals surface area contributed by atoms with Crippen LogP contribution in [0.5, 0.6) is 0 Å². The molecule has 0 spiro atoms. The van der Waals surface area contributed by atoms with Crippen molar-refractivity contribution in [2.45, 2.75) is 35.5 Å². The van der Waals surface area contributed by atoms with E-state index in [0.717, 1.165) is 42.1 Å². The number of para-hydroxylation sites is 1. The van der Waals surface area contributed by atoms with E-state index in [4.69, 9.17) is 0 Å². The standard InChI is InChI=1S/C21H21N3O3S2/c25-21(24-12-13-28-18-7-4-3-6-16(18)24)15-9-10-17-19(14-15)29(26,27)22-20-8-2-1-5-11-23(17)20/h3-4,6-7,9-10,14H,1-2,5,8,11-13H2. The molecule has 0 N–H and O–H groups in total. The Morgan fingerprint density at radius 3 is 2.76 bits per heavy atom. The lowest BCUT2D eigenvalue weighted by Crippen LogP contribution is -2.37. The molecule has 0 unspecified atom stereocenters. The Morgan fingerprint density at radius 2 is 1.86 bits per heavy atom. The van der Waals surface area contributed by atoms with Crippen molar-refractivity contribution < 1.29 is 13.2 Å². The van der Waals surface area contributed by atoms with Crippen LogP contribution in [0, 0.1) is 0 Å². The number of amidine groups is 1. The first-order valence-corrected chi connectivity index (χ1v) is 12.3. The van der Waals surface area contributed by atoms with Gasteiger partial charge in [-0.1, -0.05) is 18.6 Å². The predicted octanol–water partition coefficient (Wildman–Crippen LogP) is 3.92. The number of fused-ring (bicyclic) bond motifs is 4. The Bertz CT molecular complexity index is 1130. The molecule has 0 aromatic heterocycles. The van der Waals surface area contributed by atoms with E-state index in [1.807, 2.05) is 29.2 Å². The van der Waals surface area contributed by atoms with E-state index in [0.29, 0.717) is 30.1 Å². The number of carbonyl (C=O) groups excluding carboxylic acids is 1. The van der Waals surface area contributed by atoms with Gasteiger partial charge in [-0.25, -0.2) is 0 Å². The minimum atomic E-state index is -3.80. The number of amides is 1. The number of hydrogen-bond donors (Lipinski definition) is 0. The second kappa shape index (κ2) is 7.18. The van der Waals surface area contributed by atoms with Crippen molar-refractivity contribution in [2.24, 2.45) is 4.40 Å². The summed E-state index contributed by atoms with van der Waals surface area (Å²) in [6.07, 6.45) is 3.68. The number of hydrogen-bond acceptors (Lipinski definition) is 5. The molecule has 3 heterocycles. The molecule has 0 saturated carbocycles. The maximum absolute atomic E-state index is 13.3. The molecule has 3 aliphatic heterocycles. The zero-order valence-corrected chi connectivity index (χ0v) is 17.5. The van der Waals surface area contributed by atoms with Crippen LogP contribution >= 0.6 is 11.8 Å². The number of nitrogens with zero attached hydrogens (tertiary/aromatic N) is 3. The van der Waals surface area contributed by atoms with Crippen molar-refractivity contribution in [2.75, 3.05) is 28.6 Å². The summed E-state index contributed by atoms with van der Waals surface area (Å²) in [4.78, 5) is 18.2. The molecule has 29 heavy (non-hydrogen) atoms. The van der Waals surface area contributed by atoms with Crippen LogP contribution in [0.4, 0.5) is 11.4 Å². The molecule has 150 valence electrons. The number of thioether (sulfide) groups is 1. The fourth-order valence-corrected chi connectivity index (χ4v) is 6.43. The van der Waals surface area contributed by atoms with Crippen LogP contribution < -0.4 is 9.80 Å². The number of anilines is 2. The molecule has 8 heteroatoms. The second-order valence-corrected chi connectivity index (χ2v) is 10.1. The smallest absolute Gasteiger partial charge is 0.286 e. The number of benzene rings is 2. The molecular weight excluding hydrogens is 406 g/mol. The average Bonchev–Trinajstić information content (AvgIpc) is 2.97. The van der Waals surface area contributed by atoms with Gasteiger partial charge >= 0.3 is 0 Å². The SMILES string of the molecule is O=C(c1ccc2c(c1)S(=O)(=O)N=C1CCCCCN12)N1CCSc2ccccc21. The predicted molar refractivity (Wildman–Crippen MR) is 116 cm³/mol. The van der Waals surface area contributed by atoms with Crippen LogP contribution in [0.2, 0.25) is 0 Å². The lowest BCUT2D eigenvalue weighted by molar-refractivity contribution is 0.0987. The van der Waals surface area contributed by atoms with Crippen LogP contribution in [-0.2, 0) is 10.0 Å². The maximum atomic E-state index is 13.3. The van der Waals surface area contributed by atoms with Crippen molar-refractivity contribution >= 4 is 44.9 Å². The lowest BCUT2D eigenvalue weighted by Gasteiger charge is -2.31. The highest BCUT2D eigenvalue weighted by Gasteiger charge is 2.33. The minimum Gasteiger partial charge on any atom is -0.328 e. The molecule has 5 rings (SSSR count). The quantitative estimate of drug-likeness (QED) is 0.690. The fraction of sp³-hybridized carbons (Fsp3) is 0.333. The van der Waals surface area contributed by atoms with E-state index in [1.54, 1.807) is 28.8 Å². The van der Waals surface area contributed by atoms with Gasteiger partial charge in [0.15, 0.2) is 0 Å². The molecule has 2 aromatic carbocycles. The van der Waals surface area contributed by atoms with Crippen LogP contribution in [0.25, 0.3) is 0 Å². The van der Waals surface area contributed by atoms with Gasteiger partial charge < -0.3 is 9.80 Å². The van der Waals surface area contributed by atoms with Crippen molar-refractivity contribution in [3.63, 3.8) is 0 Å². The minimum absolute atomic E-state index is 0.133. The molecule has 0 bridgehead atoms. The van der Waals surface area contributed by atoms with Gasteiger partial charge in [0, 0.05) is 35.7 Å². The average molecular weight is 428 g/mol. The molecule has 0 atom stereocenters. The van der Waals surface area contributed by atoms with E-state index < -0.39 is 10.0 Å². The van der Waals surface area contributed by atoms with Gasteiger partial charge in [0.2, 0.25) is 0 Å². The number of sulfonamides is 1. The van der Waals surface area contributed by atoms with Gasteiger partial charge in [-0.3, -0.25) is 4.79 Å². The summed E-state index contributed by atoms with van der Waals surface area (Å²) in [5.74, 6) is 1.26. The Labute approximate surface area is 174 Å². The van der Waals surface area contributed by atoms with Crippen LogP contribution in [-0.4, -0.2) is 39.0 Å². The summed E-state index contributed by atoms with van der Waals surface area (Å²) < 4.78 is 29.8. The van der Waals surface area contributed by atoms with E-state index in [2.05, 4.69) is 4.40 Å². The first-order valence-electron chi connectivity index (χ1n) is 9.84. The highest BCUT2D eigenvalue weighted by Crippen LogP contribution is 2.37. The first kappa shape index (κ1) is 18.7. The summed E-state index contributed by atoms with van der Waals surface area (Å²) >= 11 is 1.73. The number of carbonyl (C=O) groups is 1. The van der Waals surface area contributed by atoms with Crippen LogP contribution in [0.3, 0.4) is 0 Å². The third-order valence-electron chi connectivity index (χ3n) is 5.57.